The predicted octanol–water partition coefficient (Wildman–Crippen LogP) is 3.23. The van der Waals surface area contributed by atoms with E-state index in [1.807, 2.05) is 46.4 Å². The lowest BCUT2D eigenvalue weighted by molar-refractivity contribution is 0.0168. The maximum absolute atomic E-state index is 12.3. The molecule has 1 heterocycles. The number of halogens is 1. The summed E-state index contributed by atoms with van der Waals surface area (Å²) in [5.41, 5.74) is -0.748. The molecule has 1 aliphatic rings. The molecule has 2 N–H and O–H groups in total. The number of rotatable bonds is 6. The molecule has 0 bridgehead atoms. The van der Waals surface area contributed by atoms with E-state index in [4.69, 9.17) is 9.47 Å². The number of nitrogens with one attached hydrogen (secondary N) is 2. The second kappa shape index (κ2) is 11.9. The second-order valence-corrected chi connectivity index (χ2v) is 8.47. The van der Waals surface area contributed by atoms with Gasteiger partial charge in [0.2, 0.25) is 0 Å². The third-order valence-corrected chi connectivity index (χ3v) is 4.24. The first-order valence-electron chi connectivity index (χ1n) is 9.61. The van der Waals surface area contributed by atoms with Crippen LogP contribution in [-0.2, 0) is 9.47 Å². The van der Waals surface area contributed by atoms with Crippen molar-refractivity contribution in [2.24, 2.45) is 10.9 Å². The summed E-state index contributed by atoms with van der Waals surface area (Å²) in [6.07, 6.45) is 1.87. The van der Waals surface area contributed by atoms with Crippen molar-refractivity contribution in [3.05, 3.63) is 0 Å². The average molecular weight is 498 g/mol. The van der Waals surface area contributed by atoms with Crippen molar-refractivity contribution >= 4 is 36.0 Å². The van der Waals surface area contributed by atoms with E-state index in [-0.39, 0.29) is 35.7 Å². The fourth-order valence-corrected chi connectivity index (χ4v) is 2.64. The molecule has 1 rings (SSSR count). The van der Waals surface area contributed by atoms with Crippen LogP contribution >= 0.6 is 24.0 Å². The molecule has 1 unspecified atom stereocenters. The maximum Gasteiger partial charge on any atom is 0.410 e. The summed E-state index contributed by atoms with van der Waals surface area (Å²) >= 11 is 0. The van der Waals surface area contributed by atoms with E-state index in [0.29, 0.717) is 19.0 Å². The number of carbonyl (C=O) groups is 1. The Kier molecular flexibility index (Phi) is 11.6. The van der Waals surface area contributed by atoms with Gasteiger partial charge in [0.25, 0.3) is 0 Å². The van der Waals surface area contributed by atoms with Gasteiger partial charge in [0.1, 0.15) is 5.60 Å². The Labute approximate surface area is 182 Å². The first-order valence-corrected chi connectivity index (χ1v) is 9.61. The van der Waals surface area contributed by atoms with Crippen LogP contribution in [0.1, 0.15) is 54.4 Å². The number of hydrogen-bond acceptors (Lipinski definition) is 4. The zero-order valence-corrected chi connectivity index (χ0v) is 20.4. The molecule has 27 heavy (non-hydrogen) atoms. The quantitative estimate of drug-likeness (QED) is 0.334. The van der Waals surface area contributed by atoms with Crippen LogP contribution < -0.4 is 10.6 Å². The van der Waals surface area contributed by atoms with E-state index in [1.54, 1.807) is 7.11 Å². The average Bonchev–Trinajstić information content (AvgIpc) is 2.56. The molecule has 1 saturated heterocycles. The van der Waals surface area contributed by atoms with Crippen molar-refractivity contribution in [2.45, 2.75) is 65.6 Å². The Hall–Kier alpha value is -0.770. The molecule has 7 nitrogen and oxygen atoms in total. The van der Waals surface area contributed by atoms with Crippen LogP contribution in [0, 0.1) is 5.92 Å². The standard InChI is InChI=1S/C19H38N4O3.HI/c1-8-20-16(22-14-19(5,6)25-7)21-12-15-10-9-11-23(13-15)17(24)26-18(2,3)4;/h15H,8-14H2,1-7H3,(H2,20,21,22);1H. The number of amides is 1. The van der Waals surface area contributed by atoms with Crippen LogP contribution in [-0.4, -0.2) is 68.0 Å². The van der Waals surface area contributed by atoms with Gasteiger partial charge in [-0.1, -0.05) is 0 Å². The highest BCUT2D eigenvalue weighted by atomic mass is 127. The molecule has 0 aliphatic carbocycles. The number of carbonyl (C=O) groups excluding carboxylic acids is 1. The molecule has 1 atom stereocenters. The van der Waals surface area contributed by atoms with Gasteiger partial charge in [-0.15, -0.1) is 24.0 Å². The lowest BCUT2D eigenvalue weighted by Gasteiger charge is -2.34. The second-order valence-electron chi connectivity index (χ2n) is 8.47. The molecule has 0 aromatic carbocycles. The van der Waals surface area contributed by atoms with Crippen molar-refractivity contribution < 1.29 is 14.3 Å². The van der Waals surface area contributed by atoms with E-state index in [1.165, 1.54) is 0 Å². The van der Waals surface area contributed by atoms with Crippen molar-refractivity contribution in [1.82, 2.24) is 15.5 Å². The molecule has 0 aromatic heterocycles. The van der Waals surface area contributed by atoms with Crippen molar-refractivity contribution in [3.63, 3.8) is 0 Å². The Morgan fingerprint density at radius 1 is 1.22 bits per heavy atom. The number of methoxy groups -OCH3 is 1. The highest BCUT2D eigenvalue weighted by molar-refractivity contribution is 14.0. The van der Waals surface area contributed by atoms with Crippen molar-refractivity contribution in [2.75, 3.05) is 39.8 Å². The van der Waals surface area contributed by atoms with Gasteiger partial charge in [-0.3, -0.25) is 4.99 Å². The third-order valence-electron chi connectivity index (χ3n) is 4.24. The molecule has 160 valence electrons. The fraction of sp³-hybridized carbons (Fsp3) is 0.895. The Morgan fingerprint density at radius 2 is 1.89 bits per heavy atom. The smallest absolute Gasteiger partial charge is 0.410 e. The fourth-order valence-electron chi connectivity index (χ4n) is 2.64. The molecule has 0 radical (unpaired) electrons. The van der Waals surface area contributed by atoms with Crippen LogP contribution in [0.4, 0.5) is 4.79 Å². The van der Waals surface area contributed by atoms with Crippen molar-refractivity contribution in [1.29, 1.82) is 0 Å². The highest BCUT2D eigenvalue weighted by Gasteiger charge is 2.27. The predicted molar refractivity (Wildman–Crippen MR) is 121 cm³/mol. The largest absolute Gasteiger partial charge is 0.444 e. The number of piperidine rings is 1. The minimum Gasteiger partial charge on any atom is -0.444 e. The molecule has 1 aliphatic heterocycles. The molecular weight excluding hydrogens is 459 g/mol. The molecular formula is C19H39IN4O3. The van der Waals surface area contributed by atoms with Gasteiger partial charge in [-0.2, -0.15) is 0 Å². The molecule has 1 fully saturated rings. The normalized spacial score (nSPS) is 18.6. The first-order chi connectivity index (χ1) is 12.1. The molecule has 0 spiro atoms. The summed E-state index contributed by atoms with van der Waals surface area (Å²) in [5, 5.41) is 6.66. The van der Waals surface area contributed by atoms with Gasteiger partial charge in [0, 0.05) is 33.3 Å². The van der Waals surface area contributed by atoms with Crippen LogP contribution in [0.15, 0.2) is 4.99 Å². The number of ether oxygens (including phenoxy) is 2. The summed E-state index contributed by atoms with van der Waals surface area (Å²) in [6.45, 7) is 15.4. The Bertz CT molecular complexity index is 478. The summed E-state index contributed by atoms with van der Waals surface area (Å²) < 4.78 is 10.9. The van der Waals surface area contributed by atoms with E-state index in [2.05, 4.69) is 15.6 Å². The number of aliphatic imine (C=N–C) groups is 1. The number of likely N-dealkylation sites (tertiary alicyclic amines) is 1. The number of guanidine groups is 1. The molecule has 1 amide bonds. The van der Waals surface area contributed by atoms with Gasteiger partial charge in [-0.25, -0.2) is 4.79 Å². The SMILES string of the molecule is CCNC(=NCC(C)(C)OC)NCC1CCCN(C(=O)OC(C)(C)C)C1.I. The van der Waals surface area contributed by atoms with Crippen LogP contribution in [0.3, 0.4) is 0 Å². The summed E-state index contributed by atoms with van der Waals surface area (Å²) in [4.78, 5) is 18.7. The van der Waals surface area contributed by atoms with Gasteiger partial charge in [0.05, 0.1) is 12.1 Å². The van der Waals surface area contributed by atoms with Crippen LogP contribution in [0.2, 0.25) is 0 Å². The Morgan fingerprint density at radius 3 is 2.44 bits per heavy atom. The maximum atomic E-state index is 12.3. The van der Waals surface area contributed by atoms with E-state index >= 15 is 0 Å². The van der Waals surface area contributed by atoms with Crippen LogP contribution in [0.25, 0.3) is 0 Å². The summed E-state index contributed by atoms with van der Waals surface area (Å²) in [6, 6.07) is 0. The molecule has 8 heteroatoms. The zero-order chi connectivity index (χ0) is 19.8. The van der Waals surface area contributed by atoms with E-state index in [9.17, 15) is 4.79 Å². The Balaban J connectivity index is 0.00000676. The van der Waals surface area contributed by atoms with Gasteiger partial charge < -0.3 is 25.0 Å². The third kappa shape index (κ3) is 11.0. The monoisotopic (exact) mass is 498 g/mol. The lowest BCUT2D eigenvalue weighted by atomic mass is 9.98. The highest BCUT2D eigenvalue weighted by Crippen LogP contribution is 2.19. The van der Waals surface area contributed by atoms with Crippen LogP contribution in [0.5, 0.6) is 0 Å². The summed E-state index contributed by atoms with van der Waals surface area (Å²) in [7, 11) is 1.70. The van der Waals surface area contributed by atoms with Gasteiger partial charge in [-0.05, 0) is 60.3 Å². The topological polar surface area (TPSA) is 75.2 Å². The van der Waals surface area contributed by atoms with Gasteiger partial charge >= 0.3 is 6.09 Å². The van der Waals surface area contributed by atoms with Crippen molar-refractivity contribution in [3.8, 4) is 0 Å². The lowest BCUT2D eigenvalue weighted by Crippen LogP contribution is -2.47. The van der Waals surface area contributed by atoms with E-state index in [0.717, 1.165) is 38.4 Å². The summed E-state index contributed by atoms with van der Waals surface area (Å²) in [5.74, 6) is 1.17. The number of hydrogen-bond donors (Lipinski definition) is 2. The van der Waals surface area contributed by atoms with Gasteiger partial charge in [0.15, 0.2) is 5.96 Å². The van der Waals surface area contributed by atoms with E-state index < -0.39 is 5.60 Å². The minimum atomic E-state index is -0.457. The zero-order valence-electron chi connectivity index (χ0n) is 18.1. The molecule has 0 saturated carbocycles. The number of nitrogens with zero attached hydrogens (tertiary/aromatic N) is 2. The first kappa shape index (κ1) is 26.2. The molecule has 0 aromatic rings. The minimum absolute atomic E-state index is 0.